The van der Waals surface area contributed by atoms with Gasteiger partial charge >= 0.3 is 0 Å². The van der Waals surface area contributed by atoms with Crippen LogP contribution >= 0.6 is 11.3 Å². The summed E-state index contributed by atoms with van der Waals surface area (Å²) in [5.41, 5.74) is 4.09. The van der Waals surface area contributed by atoms with Crippen LogP contribution in [0.1, 0.15) is 49.4 Å². The highest BCUT2D eigenvalue weighted by molar-refractivity contribution is 7.09. The highest BCUT2D eigenvalue weighted by atomic mass is 32.1. The van der Waals surface area contributed by atoms with Gasteiger partial charge in [-0.25, -0.2) is 4.98 Å². The first-order valence-corrected chi connectivity index (χ1v) is 8.24. The van der Waals surface area contributed by atoms with Gasteiger partial charge in [-0.2, -0.15) is 0 Å². The molecule has 5 heteroatoms. The number of nitrogens with zero attached hydrogens (tertiary/aromatic N) is 2. The SMILES string of the molecule is CCCNC(c1cncc(OC(C)C)c1)c1scnc1C. The summed E-state index contributed by atoms with van der Waals surface area (Å²) in [6.45, 7) is 9.21. The molecule has 0 saturated carbocycles. The molecule has 0 aliphatic carbocycles. The Hall–Kier alpha value is -1.46. The molecule has 2 rings (SSSR count). The Morgan fingerprint density at radius 3 is 2.76 bits per heavy atom. The van der Waals surface area contributed by atoms with Crippen molar-refractivity contribution in [3.63, 3.8) is 0 Å². The first-order valence-electron chi connectivity index (χ1n) is 7.36. The summed E-state index contributed by atoms with van der Waals surface area (Å²) in [6.07, 6.45) is 4.90. The quantitative estimate of drug-likeness (QED) is 0.847. The Morgan fingerprint density at radius 2 is 2.14 bits per heavy atom. The summed E-state index contributed by atoms with van der Waals surface area (Å²) in [7, 11) is 0. The van der Waals surface area contributed by atoms with E-state index >= 15 is 0 Å². The molecular formula is C16H23N3OS. The molecule has 21 heavy (non-hydrogen) atoms. The molecule has 0 amide bonds. The van der Waals surface area contributed by atoms with Gasteiger partial charge in [-0.1, -0.05) is 6.92 Å². The molecule has 4 nitrogen and oxygen atoms in total. The number of ether oxygens (including phenoxy) is 1. The largest absolute Gasteiger partial charge is 0.489 e. The average molecular weight is 305 g/mol. The summed E-state index contributed by atoms with van der Waals surface area (Å²) in [6, 6.07) is 2.19. The van der Waals surface area contributed by atoms with E-state index in [0.29, 0.717) is 0 Å². The molecule has 1 N–H and O–H groups in total. The maximum atomic E-state index is 5.75. The number of pyridine rings is 1. The van der Waals surface area contributed by atoms with Crippen LogP contribution in [0.25, 0.3) is 0 Å². The average Bonchev–Trinajstić information content (AvgIpc) is 2.85. The lowest BCUT2D eigenvalue weighted by atomic mass is 10.1. The maximum Gasteiger partial charge on any atom is 0.138 e. The Kier molecular flexibility index (Phi) is 5.70. The highest BCUT2D eigenvalue weighted by Crippen LogP contribution is 2.29. The summed E-state index contributed by atoms with van der Waals surface area (Å²) in [5, 5.41) is 3.58. The van der Waals surface area contributed by atoms with E-state index in [1.54, 1.807) is 17.5 Å². The minimum atomic E-state index is 0.126. The molecule has 1 atom stereocenters. The van der Waals surface area contributed by atoms with Crippen LogP contribution in [0.2, 0.25) is 0 Å². The van der Waals surface area contributed by atoms with E-state index in [2.05, 4.69) is 28.3 Å². The minimum Gasteiger partial charge on any atom is -0.489 e. The Balaban J connectivity index is 2.30. The van der Waals surface area contributed by atoms with Gasteiger partial charge in [-0.15, -0.1) is 11.3 Å². The molecule has 0 radical (unpaired) electrons. The van der Waals surface area contributed by atoms with Gasteiger partial charge in [-0.3, -0.25) is 4.98 Å². The predicted octanol–water partition coefficient (Wildman–Crippen LogP) is 3.72. The second-order valence-electron chi connectivity index (χ2n) is 5.31. The van der Waals surface area contributed by atoms with Gasteiger partial charge in [0.1, 0.15) is 5.75 Å². The van der Waals surface area contributed by atoms with Crippen LogP contribution < -0.4 is 10.1 Å². The lowest BCUT2D eigenvalue weighted by molar-refractivity contribution is 0.241. The van der Waals surface area contributed by atoms with Crippen molar-refractivity contribution in [3.05, 3.63) is 40.1 Å². The lowest BCUT2D eigenvalue weighted by Gasteiger charge is -2.19. The van der Waals surface area contributed by atoms with E-state index in [-0.39, 0.29) is 12.1 Å². The standard InChI is InChI=1S/C16H23N3OS/c1-5-6-18-15(16-12(4)19-10-21-16)13-7-14(9-17-8-13)20-11(2)3/h7-11,15,18H,5-6H2,1-4H3. The van der Waals surface area contributed by atoms with Crippen LogP contribution in [0.4, 0.5) is 0 Å². The van der Waals surface area contributed by atoms with Gasteiger partial charge in [0.2, 0.25) is 0 Å². The maximum absolute atomic E-state index is 5.75. The fourth-order valence-corrected chi connectivity index (χ4v) is 3.07. The molecule has 0 aromatic carbocycles. The smallest absolute Gasteiger partial charge is 0.138 e. The zero-order valence-electron chi connectivity index (χ0n) is 13.1. The van der Waals surface area contributed by atoms with Crippen LogP contribution in [-0.2, 0) is 0 Å². The van der Waals surface area contributed by atoms with Gasteiger partial charge in [0.25, 0.3) is 0 Å². The number of nitrogens with one attached hydrogen (secondary N) is 1. The fraction of sp³-hybridized carbons (Fsp3) is 0.500. The van der Waals surface area contributed by atoms with Crippen LogP contribution in [0.3, 0.4) is 0 Å². The molecule has 0 bridgehead atoms. The molecule has 2 aromatic heterocycles. The first kappa shape index (κ1) is 15.9. The molecule has 2 heterocycles. The van der Waals surface area contributed by atoms with Gasteiger partial charge in [0.15, 0.2) is 0 Å². The number of rotatable bonds is 7. The molecule has 2 aromatic rings. The van der Waals surface area contributed by atoms with Gasteiger partial charge in [0.05, 0.1) is 29.5 Å². The molecule has 0 saturated heterocycles. The Bertz CT molecular complexity index is 568. The zero-order chi connectivity index (χ0) is 15.2. The molecule has 0 spiro atoms. The van der Waals surface area contributed by atoms with Crippen molar-refractivity contribution in [1.82, 2.24) is 15.3 Å². The van der Waals surface area contributed by atoms with Crippen molar-refractivity contribution in [2.24, 2.45) is 0 Å². The number of aryl methyl sites for hydroxylation is 1. The minimum absolute atomic E-state index is 0.126. The van der Waals surface area contributed by atoms with Crippen molar-refractivity contribution in [2.75, 3.05) is 6.54 Å². The lowest BCUT2D eigenvalue weighted by Crippen LogP contribution is -2.23. The Morgan fingerprint density at radius 1 is 1.33 bits per heavy atom. The van der Waals surface area contributed by atoms with E-state index in [4.69, 9.17) is 4.74 Å². The number of hydrogen-bond acceptors (Lipinski definition) is 5. The van der Waals surface area contributed by atoms with E-state index in [1.165, 1.54) is 4.88 Å². The number of thiazole rings is 1. The summed E-state index contributed by atoms with van der Waals surface area (Å²) >= 11 is 1.68. The zero-order valence-corrected chi connectivity index (χ0v) is 13.9. The van der Waals surface area contributed by atoms with E-state index in [1.807, 2.05) is 32.5 Å². The molecule has 0 fully saturated rings. The van der Waals surface area contributed by atoms with Crippen molar-refractivity contribution in [2.45, 2.75) is 46.3 Å². The van der Waals surface area contributed by atoms with E-state index < -0.39 is 0 Å². The van der Waals surface area contributed by atoms with Gasteiger partial charge < -0.3 is 10.1 Å². The van der Waals surface area contributed by atoms with Crippen molar-refractivity contribution < 1.29 is 4.74 Å². The second kappa shape index (κ2) is 7.52. The molecule has 0 aliphatic heterocycles. The highest BCUT2D eigenvalue weighted by Gasteiger charge is 2.18. The monoisotopic (exact) mass is 305 g/mol. The summed E-state index contributed by atoms with van der Waals surface area (Å²) in [4.78, 5) is 9.94. The van der Waals surface area contributed by atoms with E-state index in [0.717, 1.165) is 30.0 Å². The number of aromatic nitrogens is 2. The van der Waals surface area contributed by atoms with Crippen molar-refractivity contribution in [3.8, 4) is 5.75 Å². The first-order chi connectivity index (χ1) is 10.1. The predicted molar refractivity (Wildman–Crippen MR) is 87.0 cm³/mol. The molecule has 1 unspecified atom stereocenters. The normalized spacial score (nSPS) is 12.6. The molecular weight excluding hydrogens is 282 g/mol. The van der Waals surface area contributed by atoms with Crippen molar-refractivity contribution in [1.29, 1.82) is 0 Å². The molecule has 114 valence electrons. The third-order valence-corrected chi connectivity index (χ3v) is 4.08. The van der Waals surface area contributed by atoms with E-state index in [9.17, 15) is 0 Å². The fourth-order valence-electron chi connectivity index (χ4n) is 2.17. The Labute approximate surface area is 130 Å². The third kappa shape index (κ3) is 4.25. The van der Waals surface area contributed by atoms with Crippen molar-refractivity contribution >= 4 is 11.3 Å². The van der Waals surface area contributed by atoms with Gasteiger partial charge in [0, 0.05) is 11.1 Å². The third-order valence-electron chi connectivity index (χ3n) is 3.08. The number of hydrogen-bond donors (Lipinski definition) is 1. The summed E-state index contributed by atoms with van der Waals surface area (Å²) < 4.78 is 5.75. The van der Waals surface area contributed by atoms with Crippen LogP contribution in [0.5, 0.6) is 5.75 Å². The topological polar surface area (TPSA) is 47.0 Å². The molecule has 0 aliphatic rings. The second-order valence-corrected chi connectivity index (χ2v) is 6.20. The van der Waals surface area contributed by atoms with Crippen LogP contribution in [-0.4, -0.2) is 22.6 Å². The van der Waals surface area contributed by atoms with Gasteiger partial charge in [-0.05, 0) is 45.4 Å². The van der Waals surface area contributed by atoms with Crippen LogP contribution in [0.15, 0.2) is 24.0 Å². The summed E-state index contributed by atoms with van der Waals surface area (Å²) in [5.74, 6) is 0.813. The van der Waals surface area contributed by atoms with Crippen LogP contribution in [0, 0.1) is 6.92 Å².